The Balaban J connectivity index is 2.30. The van der Waals surface area contributed by atoms with Crippen molar-refractivity contribution in [1.29, 1.82) is 0 Å². The molecule has 0 saturated heterocycles. The normalized spacial score (nSPS) is 10.8. The molecule has 0 aliphatic heterocycles. The van der Waals surface area contributed by atoms with Crippen LogP contribution in [0.3, 0.4) is 0 Å². The summed E-state index contributed by atoms with van der Waals surface area (Å²) in [6.45, 7) is 0. The molecule has 88 valence electrons. The van der Waals surface area contributed by atoms with E-state index in [0.29, 0.717) is 10.4 Å². The molecule has 0 unspecified atom stereocenters. The maximum absolute atomic E-state index is 12.4. The number of thiophene rings is 1. The number of nitro benzene ring substituents is 1. The van der Waals surface area contributed by atoms with Crippen LogP contribution in [0.5, 0.6) is 0 Å². The van der Waals surface area contributed by atoms with E-state index in [1.807, 2.05) is 0 Å². The molecule has 0 amide bonds. The Labute approximate surface area is 99.5 Å². The molecule has 6 heteroatoms. The Morgan fingerprint density at radius 2 is 1.76 bits per heavy atom. The summed E-state index contributed by atoms with van der Waals surface area (Å²) in [7, 11) is 0. The predicted molar refractivity (Wildman–Crippen MR) is 61.4 cm³/mol. The fraction of sp³-hybridized carbons (Fsp3) is 0.0909. The molecule has 0 fully saturated rings. The Morgan fingerprint density at radius 1 is 1.12 bits per heavy atom. The molecule has 0 aliphatic carbocycles. The summed E-state index contributed by atoms with van der Waals surface area (Å²) < 4.78 is 24.8. The SMILES string of the molecule is O=[N+]([O-])c1ccc(-c2ccc(C(F)F)s2)cc1. The number of alkyl halides is 2. The van der Waals surface area contributed by atoms with Crippen LogP contribution in [0.15, 0.2) is 36.4 Å². The third kappa shape index (κ3) is 2.47. The van der Waals surface area contributed by atoms with E-state index in [1.165, 1.54) is 18.2 Å². The molecule has 1 heterocycles. The lowest BCUT2D eigenvalue weighted by Crippen LogP contribution is -1.86. The third-order valence-electron chi connectivity index (χ3n) is 2.20. The number of non-ortho nitro benzene ring substituents is 1. The molecular formula is C11H7F2NO2S. The van der Waals surface area contributed by atoms with Gasteiger partial charge in [0.15, 0.2) is 0 Å². The lowest BCUT2D eigenvalue weighted by atomic mass is 10.2. The molecule has 1 aromatic carbocycles. The fourth-order valence-corrected chi connectivity index (χ4v) is 2.24. The van der Waals surface area contributed by atoms with Crippen LogP contribution in [0.25, 0.3) is 10.4 Å². The molecule has 0 radical (unpaired) electrons. The Kier molecular flexibility index (Phi) is 3.14. The maximum atomic E-state index is 12.4. The van der Waals surface area contributed by atoms with Gasteiger partial charge in [-0.2, -0.15) is 0 Å². The van der Waals surface area contributed by atoms with Gasteiger partial charge in [-0.3, -0.25) is 10.1 Å². The Bertz CT molecular complexity index is 537. The minimum absolute atomic E-state index is 0.00153. The highest BCUT2D eigenvalue weighted by atomic mass is 32.1. The van der Waals surface area contributed by atoms with Gasteiger partial charge in [0, 0.05) is 17.0 Å². The van der Waals surface area contributed by atoms with Crippen molar-refractivity contribution in [2.45, 2.75) is 6.43 Å². The summed E-state index contributed by atoms with van der Waals surface area (Å²) in [5.41, 5.74) is 0.687. The number of nitrogens with zero attached hydrogens (tertiary/aromatic N) is 1. The highest BCUT2D eigenvalue weighted by Crippen LogP contribution is 2.33. The maximum Gasteiger partial charge on any atom is 0.272 e. The van der Waals surface area contributed by atoms with Gasteiger partial charge in [0.05, 0.1) is 9.80 Å². The second-order valence-corrected chi connectivity index (χ2v) is 4.42. The summed E-state index contributed by atoms with van der Waals surface area (Å²) in [6, 6.07) is 8.78. The molecule has 0 spiro atoms. The third-order valence-corrected chi connectivity index (χ3v) is 3.35. The number of nitro groups is 1. The lowest BCUT2D eigenvalue weighted by Gasteiger charge is -1.96. The van der Waals surface area contributed by atoms with Gasteiger partial charge in [-0.05, 0) is 29.8 Å². The number of hydrogen-bond acceptors (Lipinski definition) is 3. The van der Waals surface area contributed by atoms with Crippen LogP contribution in [0, 0.1) is 10.1 Å². The first-order valence-corrected chi connectivity index (χ1v) is 5.52. The number of rotatable bonds is 3. The second kappa shape index (κ2) is 4.58. The first-order valence-electron chi connectivity index (χ1n) is 4.70. The fourth-order valence-electron chi connectivity index (χ4n) is 1.37. The van der Waals surface area contributed by atoms with Crippen molar-refractivity contribution >= 4 is 17.0 Å². The van der Waals surface area contributed by atoms with Gasteiger partial charge in [-0.15, -0.1) is 11.3 Å². The molecule has 2 aromatic rings. The highest BCUT2D eigenvalue weighted by molar-refractivity contribution is 7.15. The summed E-state index contributed by atoms with van der Waals surface area (Å²) >= 11 is 0.988. The van der Waals surface area contributed by atoms with Crippen LogP contribution in [-0.4, -0.2) is 4.92 Å². The van der Waals surface area contributed by atoms with Crippen molar-refractivity contribution < 1.29 is 13.7 Å². The van der Waals surface area contributed by atoms with Crippen molar-refractivity contribution in [1.82, 2.24) is 0 Å². The number of halogens is 2. The van der Waals surface area contributed by atoms with Crippen LogP contribution in [0.2, 0.25) is 0 Å². The average Bonchev–Trinajstić information content (AvgIpc) is 2.78. The second-order valence-electron chi connectivity index (χ2n) is 3.31. The Hall–Kier alpha value is -1.82. The van der Waals surface area contributed by atoms with Crippen LogP contribution in [0.4, 0.5) is 14.5 Å². The zero-order chi connectivity index (χ0) is 12.4. The first-order chi connectivity index (χ1) is 8.08. The highest BCUT2D eigenvalue weighted by Gasteiger charge is 2.12. The van der Waals surface area contributed by atoms with E-state index < -0.39 is 11.3 Å². The van der Waals surface area contributed by atoms with Gasteiger partial charge in [0.1, 0.15) is 0 Å². The van der Waals surface area contributed by atoms with Crippen LogP contribution < -0.4 is 0 Å². The quantitative estimate of drug-likeness (QED) is 0.607. The number of hydrogen-bond donors (Lipinski definition) is 0. The van der Waals surface area contributed by atoms with Gasteiger partial charge in [-0.25, -0.2) is 8.78 Å². The van der Waals surface area contributed by atoms with Gasteiger partial charge in [-0.1, -0.05) is 0 Å². The summed E-state index contributed by atoms with van der Waals surface area (Å²) in [4.78, 5) is 10.6. The molecule has 2 rings (SSSR count). The van der Waals surface area contributed by atoms with Crippen molar-refractivity contribution in [2.24, 2.45) is 0 Å². The predicted octanol–water partition coefficient (Wildman–Crippen LogP) is 4.26. The van der Waals surface area contributed by atoms with Gasteiger partial charge < -0.3 is 0 Å². The van der Waals surface area contributed by atoms with E-state index in [9.17, 15) is 18.9 Å². The van der Waals surface area contributed by atoms with Gasteiger partial charge in [0.2, 0.25) is 0 Å². The van der Waals surface area contributed by atoms with Crippen molar-refractivity contribution in [3.05, 3.63) is 51.4 Å². The van der Waals surface area contributed by atoms with Crippen molar-refractivity contribution in [3.63, 3.8) is 0 Å². The minimum atomic E-state index is -2.48. The van der Waals surface area contributed by atoms with E-state index in [2.05, 4.69) is 0 Å². The lowest BCUT2D eigenvalue weighted by molar-refractivity contribution is -0.384. The first kappa shape index (κ1) is 11.7. The zero-order valence-corrected chi connectivity index (χ0v) is 9.29. The molecule has 0 atom stereocenters. The molecule has 1 aromatic heterocycles. The van der Waals surface area contributed by atoms with Crippen molar-refractivity contribution in [3.8, 4) is 10.4 Å². The van der Waals surface area contributed by atoms with Gasteiger partial charge >= 0.3 is 0 Å². The monoisotopic (exact) mass is 255 g/mol. The van der Waals surface area contributed by atoms with Crippen molar-refractivity contribution in [2.75, 3.05) is 0 Å². The summed E-state index contributed by atoms with van der Waals surface area (Å²) in [5.74, 6) is 0. The molecule has 0 saturated carbocycles. The average molecular weight is 255 g/mol. The van der Waals surface area contributed by atoms with E-state index >= 15 is 0 Å². The largest absolute Gasteiger partial charge is 0.272 e. The topological polar surface area (TPSA) is 43.1 Å². The summed E-state index contributed by atoms with van der Waals surface area (Å²) in [6.07, 6.45) is -2.48. The molecule has 17 heavy (non-hydrogen) atoms. The zero-order valence-electron chi connectivity index (χ0n) is 8.47. The van der Waals surface area contributed by atoms with Crippen LogP contribution in [0.1, 0.15) is 11.3 Å². The van der Waals surface area contributed by atoms with E-state index in [4.69, 9.17) is 0 Å². The standard InChI is InChI=1S/C11H7F2NO2S/c12-11(13)10-6-5-9(17-10)7-1-3-8(4-2-7)14(15)16/h1-6,11H. The molecule has 0 bridgehead atoms. The Morgan fingerprint density at radius 3 is 2.24 bits per heavy atom. The van der Waals surface area contributed by atoms with Gasteiger partial charge in [0.25, 0.3) is 12.1 Å². The minimum Gasteiger partial charge on any atom is -0.258 e. The molecule has 0 aliphatic rings. The van der Waals surface area contributed by atoms with Crippen LogP contribution >= 0.6 is 11.3 Å². The molecular weight excluding hydrogens is 248 g/mol. The van der Waals surface area contributed by atoms with E-state index in [1.54, 1.807) is 18.2 Å². The summed E-state index contributed by atoms with van der Waals surface area (Å²) in [5, 5.41) is 10.5. The molecule has 3 nitrogen and oxygen atoms in total. The van der Waals surface area contributed by atoms with E-state index in [-0.39, 0.29) is 10.6 Å². The smallest absolute Gasteiger partial charge is 0.258 e. The van der Waals surface area contributed by atoms with Crippen LogP contribution in [-0.2, 0) is 0 Å². The van der Waals surface area contributed by atoms with E-state index in [0.717, 1.165) is 11.3 Å². The number of benzene rings is 1. The molecule has 0 N–H and O–H groups in total.